The van der Waals surface area contributed by atoms with Crippen molar-refractivity contribution in [3.63, 3.8) is 0 Å². The van der Waals surface area contributed by atoms with E-state index in [0.717, 1.165) is 11.4 Å². The summed E-state index contributed by atoms with van der Waals surface area (Å²) in [5, 5.41) is 5.19. The number of anilines is 1. The maximum Gasteiger partial charge on any atom is 0.261 e. The molecule has 3 aromatic carbocycles. The second-order valence-corrected chi connectivity index (χ2v) is 16.5. The largest absolute Gasteiger partial charge is 0.491 e. The summed E-state index contributed by atoms with van der Waals surface area (Å²) in [5.41, 5.74) is 0.734. The monoisotopic (exact) mass is 697 g/mol. The Morgan fingerprint density at radius 3 is 1.27 bits per heavy atom. The molecular formula is C38H55NO9Si. The normalized spacial score (nSPS) is 11.8. The molecule has 10 nitrogen and oxygen atoms in total. The van der Waals surface area contributed by atoms with E-state index in [4.69, 9.17) is 37.6 Å². The predicted molar refractivity (Wildman–Crippen MR) is 195 cm³/mol. The topological polar surface area (TPSA) is 103 Å². The van der Waals surface area contributed by atoms with Crippen LogP contribution in [0, 0.1) is 0 Å². The van der Waals surface area contributed by atoms with Crippen LogP contribution in [0.25, 0.3) is 0 Å². The molecule has 3 rings (SSSR count). The molecule has 0 saturated heterocycles. The maximum absolute atomic E-state index is 11.1. The van der Waals surface area contributed by atoms with Crippen molar-refractivity contribution in [3.8, 4) is 5.75 Å². The smallest absolute Gasteiger partial charge is 0.261 e. The van der Waals surface area contributed by atoms with Gasteiger partial charge in [-0.3, -0.25) is 4.79 Å². The van der Waals surface area contributed by atoms with Crippen molar-refractivity contribution in [2.24, 2.45) is 0 Å². The third kappa shape index (κ3) is 15.1. The minimum atomic E-state index is -2.54. The van der Waals surface area contributed by atoms with Gasteiger partial charge in [0.1, 0.15) is 12.4 Å². The van der Waals surface area contributed by atoms with Gasteiger partial charge in [-0.1, -0.05) is 81.4 Å². The molecule has 3 aromatic rings. The third-order valence-corrected chi connectivity index (χ3v) is 12.5. The van der Waals surface area contributed by atoms with E-state index >= 15 is 0 Å². The van der Waals surface area contributed by atoms with Crippen molar-refractivity contribution in [2.75, 3.05) is 97.8 Å². The third-order valence-electron chi connectivity index (χ3n) is 7.49. The predicted octanol–water partition coefficient (Wildman–Crippen LogP) is 4.70. The van der Waals surface area contributed by atoms with E-state index < -0.39 is 8.32 Å². The van der Waals surface area contributed by atoms with E-state index in [-0.39, 0.29) is 10.9 Å². The standard InChI is InChI=1S/C38H55NO9Si/c1-33(40)39-34-15-17-35(18-16-34)47-31-29-45-27-25-43-23-21-41-19-20-42-22-24-44-26-28-46-30-32-48-49(38(2,3)4,36-11-7-5-8-12-36)37-13-9-6-10-14-37/h5-18H,19-32H2,1-4H3,(H,39,40). The molecule has 0 saturated carbocycles. The lowest BCUT2D eigenvalue weighted by atomic mass is 10.2. The lowest BCUT2D eigenvalue weighted by Gasteiger charge is -2.43. The summed E-state index contributed by atoms with van der Waals surface area (Å²) in [7, 11) is -2.54. The average Bonchev–Trinajstić information content (AvgIpc) is 3.09. The van der Waals surface area contributed by atoms with Crippen LogP contribution in [0.4, 0.5) is 5.69 Å². The van der Waals surface area contributed by atoms with Crippen molar-refractivity contribution in [1.82, 2.24) is 0 Å². The first kappa shape index (κ1) is 40.3. The molecule has 0 unspecified atom stereocenters. The van der Waals surface area contributed by atoms with Gasteiger partial charge in [0.05, 0.1) is 85.9 Å². The van der Waals surface area contributed by atoms with Crippen molar-refractivity contribution >= 4 is 30.3 Å². The molecule has 0 aliphatic rings. The summed E-state index contributed by atoms with van der Waals surface area (Å²) in [6.07, 6.45) is 0. The number of amides is 1. The second kappa shape index (κ2) is 23.3. The minimum Gasteiger partial charge on any atom is -0.491 e. The molecule has 270 valence electrons. The van der Waals surface area contributed by atoms with E-state index in [0.29, 0.717) is 92.5 Å². The van der Waals surface area contributed by atoms with Gasteiger partial charge < -0.3 is 42.9 Å². The van der Waals surface area contributed by atoms with Crippen molar-refractivity contribution in [3.05, 3.63) is 84.9 Å². The van der Waals surface area contributed by atoms with Gasteiger partial charge in [0.25, 0.3) is 8.32 Å². The van der Waals surface area contributed by atoms with Crippen LogP contribution in [0.5, 0.6) is 5.75 Å². The molecule has 0 radical (unpaired) electrons. The van der Waals surface area contributed by atoms with Gasteiger partial charge in [-0.25, -0.2) is 0 Å². The van der Waals surface area contributed by atoms with E-state index in [2.05, 4.69) is 86.8 Å². The molecular weight excluding hydrogens is 643 g/mol. The van der Waals surface area contributed by atoms with E-state index in [1.807, 2.05) is 0 Å². The molecule has 0 fully saturated rings. The molecule has 0 aromatic heterocycles. The first-order valence-electron chi connectivity index (χ1n) is 17.0. The van der Waals surface area contributed by atoms with Crippen LogP contribution in [-0.4, -0.2) is 107 Å². The van der Waals surface area contributed by atoms with E-state index in [1.54, 1.807) is 24.3 Å². The van der Waals surface area contributed by atoms with Gasteiger partial charge in [0.15, 0.2) is 0 Å². The Labute approximate surface area is 293 Å². The SMILES string of the molecule is CC(=O)Nc1ccc(OCCOCCOCCOCCOCCOCCOCCO[Si](c2ccccc2)(c2ccccc2)C(C)(C)C)cc1. The van der Waals surface area contributed by atoms with E-state index in [1.165, 1.54) is 17.3 Å². The molecule has 1 amide bonds. The summed E-state index contributed by atoms with van der Waals surface area (Å²) < 4.78 is 46.1. The van der Waals surface area contributed by atoms with Gasteiger partial charge in [-0.15, -0.1) is 0 Å². The molecule has 0 bridgehead atoms. The van der Waals surface area contributed by atoms with Crippen LogP contribution in [0.3, 0.4) is 0 Å². The highest BCUT2D eigenvalue weighted by molar-refractivity contribution is 6.99. The van der Waals surface area contributed by atoms with Crippen LogP contribution in [0.2, 0.25) is 5.04 Å². The van der Waals surface area contributed by atoms with Crippen LogP contribution < -0.4 is 20.4 Å². The Morgan fingerprint density at radius 1 is 0.531 bits per heavy atom. The number of ether oxygens (including phenoxy) is 7. The highest BCUT2D eigenvalue weighted by atomic mass is 28.4. The van der Waals surface area contributed by atoms with Crippen LogP contribution in [0.1, 0.15) is 27.7 Å². The van der Waals surface area contributed by atoms with E-state index in [9.17, 15) is 4.79 Å². The number of hydrogen-bond acceptors (Lipinski definition) is 9. The number of carbonyl (C=O) groups is 1. The lowest BCUT2D eigenvalue weighted by Crippen LogP contribution is -2.66. The highest BCUT2D eigenvalue weighted by Crippen LogP contribution is 2.36. The Bertz CT molecular complexity index is 1230. The number of hydrogen-bond donors (Lipinski definition) is 1. The fourth-order valence-corrected chi connectivity index (χ4v) is 9.82. The summed E-state index contributed by atoms with van der Waals surface area (Å²) in [6, 6.07) is 28.5. The molecule has 49 heavy (non-hydrogen) atoms. The van der Waals surface area contributed by atoms with Gasteiger partial charge in [0, 0.05) is 12.6 Å². The summed E-state index contributed by atoms with van der Waals surface area (Å²) in [5.74, 6) is 0.614. The fraction of sp³-hybridized carbons (Fsp3) is 0.500. The molecule has 0 aliphatic carbocycles. The Hall–Kier alpha value is -3.13. The zero-order valence-electron chi connectivity index (χ0n) is 29.7. The Balaban J connectivity index is 1.11. The van der Waals surface area contributed by atoms with Gasteiger partial charge in [-0.2, -0.15) is 0 Å². The second-order valence-electron chi connectivity index (χ2n) is 12.2. The molecule has 0 atom stereocenters. The van der Waals surface area contributed by atoms with Gasteiger partial charge in [0.2, 0.25) is 5.91 Å². The summed E-state index contributed by atoms with van der Waals surface area (Å²) in [6.45, 7) is 15.2. The Morgan fingerprint density at radius 2 is 0.898 bits per heavy atom. The van der Waals surface area contributed by atoms with Crippen molar-refractivity contribution in [2.45, 2.75) is 32.7 Å². The summed E-state index contributed by atoms with van der Waals surface area (Å²) in [4.78, 5) is 11.1. The van der Waals surface area contributed by atoms with Crippen molar-refractivity contribution < 1.29 is 42.4 Å². The summed E-state index contributed by atoms with van der Waals surface area (Å²) >= 11 is 0. The first-order valence-corrected chi connectivity index (χ1v) is 19.0. The first-order chi connectivity index (χ1) is 23.8. The average molecular weight is 698 g/mol. The van der Waals surface area contributed by atoms with Gasteiger partial charge in [-0.05, 0) is 39.7 Å². The zero-order chi connectivity index (χ0) is 35.0. The fourth-order valence-electron chi connectivity index (χ4n) is 5.27. The number of nitrogens with one attached hydrogen (secondary N) is 1. The van der Waals surface area contributed by atoms with Gasteiger partial charge >= 0.3 is 0 Å². The number of carbonyl (C=O) groups excluding carboxylic acids is 1. The maximum atomic E-state index is 11.1. The zero-order valence-corrected chi connectivity index (χ0v) is 30.7. The molecule has 1 N–H and O–H groups in total. The quantitative estimate of drug-likeness (QED) is 0.0945. The van der Waals surface area contributed by atoms with Crippen LogP contribution >= 0.6 is 0 Å². The molecule has 0 heterocycles. The lowest BCUT2D eigenvalue weighted by molar-refractivity contribution is -0.114. The number of rotatable bonds is 26. The molecule has 11 heteroatoms. The number of benzene rings is 3. The minimum absolute atomic E-state index is 0.0575. The van der Waals surface area contributed by atoms with Crippen LogP contribution in [-0.2, 0) is 37.6 Å². The molecule has 0 spiro atoms. The van der Waals surface area contributed by atoms with Crippen LogP contribution in [0.15, 0.2) is 84.9 Å². The van der Waals surface area contributed by atoms with Crippen molar-refractivity contribution in [1.29, 1.82) is 0 Å². The molecule has 0 aliphatic heterocycles. The Kier molecular flexibility index (Phi) is 19.2. The highest BCUT2D eigenvalue weighted by Gasteiger charge is 2.50.